The highest BCUT2D eigenvalue weighted by molar-refractivity contribution is 7.88. The average molecular weight is 496 g/mol. The summed E-state index contributed by atoms with van der Waals surface area (Å²) in [6, 6.07) is 15.4. The number of amides is 2. The van der Waals surface area contributed by atoms with Crippen molar-refractivity contribution in [2.24, 2.45) is 0 Å². The van der Waals surface area contributed by atoms with Gasteiger partial charge >= 0.3 is 0 Å². The molecule has 0 saturated heterocycles. The van der Waals surface area contributed by atoms with Crippen molar-refractivity contribution in [1.82, 2.24) is 14.5 Å². The van der Waals surface area contributed by atoms with Crippen LogP contribution in [-0.4, -0.2) is 75.6 Å². The molecule has 0 aromatic heterocycles. The van der Waals surface area contributed by atoms with Crippen LogP contribution in [0.25, 0.3) is 0 Å². The van der Waals surface area contributed by atoms with Gasteiger partial charge in [-0.2, -0.15) is 4.31 Å². The number of hydrogen-bond donors (Lipinski definition) is 1. The van der Waals surface area contributed by atoms with Crippen molar-refractivity contribution in [3.63, 3.8) is 0 Å². The van der Waals surface area contributed by atoms with Gasteiger partial charge < -0.3 is 15.0 Å². The van der Waals surface area contributed by atoms with Crippen LogP contribution in [0.2, 0.25) is 5.02 Å². The first-order valence-electron chi connectivity index (χ1n) is 10.4. The van der Waals surface area contributed by atoms with Crippen molar-refractivity contribution >= 4 is 33.4 Å². The first kappa shape index (κ1) is 26.8. The number of likely N-dealkylation sites (N-methyl/N-ethyl adjacent to an activating group) is 1. The van der Waals surface area contributed by atoms with Gasteiger partial charge in [0.25, 0.3) is 0 Å². The molecule has 0 heterocycles. The van der Waals surface area contributed by atoms with E-state index < -0.39 is 22.0 Å². The lowest BCUT2D eigenvalue weighted by Gasteiger charge is -2.32. The van der Waals surface area contributed by atoms with Gasteiger partial charge in [-0.1, -0.05) is 54.1 Å². The minimum atomic E-state index is -3.58. The maximum Gasteiger partial charge on any atom is 0.243 e. The summed E-state index contributed by atoms with van der Waals surface area (Å²) >= 11 is 5.99. The summed E-state index contributed by atoms with van der Waals surface area (Å²) in [6.07, 6.45) is 1.30. The fraction of sp³-hybridized carbons (Fsp3) is 0.391. The Bertz CT molecular complexity index is 1020. The number of benzene rings is 2. The fourth-order valence-corrected chi connectivity index (χ4v) is 3.60. The molecule has 180 valence electrons. The van der Waals surface area contributed by atoms with Gasteiger partial charge in [-0.15, -0.1) is 0 Å². The van der Waals surface area contributed by atoms with E-state index in [1.165, 1.54) is 19.1 Å². The molecular formula is C23H30ClN3O5S. The largest absolute Gasteiger partial charge is 0.383 e. The number of methoxy groups -OCH3 is 1. The molecule has 0 bridgehead atoms. The van der Waals surface area contributed by atoms with Gasteiger partial charge in [0.1, 0.15) is 6.04 Å². The zero-order chi connectivity index (χ0) is 24.4. The number of sulfonamides is 1. The van der Waals surface area contributed by atoms with Gasteiger partial charge in [-0.05, 0) is 23.3 Å². The van der Waals surface area contributed by atoms with Crippen molar-refractivity contribution in [2.45, 2.75) is 19.0 Å². The molecule has 0 aliphatic carbocycles. The topological polar surface area (TPSA) is 96.0 Å². The summed E-state index contributed by atoms with van der Waals surface area (Å²) < 4.78 is 29.8. The minimum absolute atomic E-state index is 0.114. The summed E-state index contributed by atoms with van der Waals surface area (Å²) in [6.45, 7) is 0.338. The number of ether oxygens (including phenoxy) is 1. The van der Waals surface area contributed by atoms with Crippen LogP contribution in [0.15, 0.2) is 54.6 Å². The van der Waals surface area contributed by atoms with Crippen molar-refractivity contribution in [2.75, 3.05) is 40.1 Å². The number of hydrogen-bond acceptors (Lipinski definition) is 5. The van der Waals surface area contributed by atoms with Gasteiger partial charge in [-0.25, -0.2) is 8.42 Å². The average Bonchev–Trinajstić information content (AvgIpc) is 2.77. The van der Waals surface area contributed by atoms with E-state index in [9.17, 15) is 18.0 Å². The summed E-state index contributed by atoms with van der Waals surface area (Å²) in [7, 11) is -0.716. The first-order chi connectivity index (χ1) is 15.6. The van der Waals surface area contributed by atoms with Crippen LogP contribution < -0.4 is 5.32 Å². The normalized spacial score (nSPS) is 12.4. The highest BCUT2D eigenvalue weighted by Crippen LogP contribution is 2.17. The minimum Gasteiger partial charge on any atom is -0.383 e. The first-order valence-corrected chi connectivity index (χ1v) is 12.6. The molecule has 2 amide bonds. The Labute approximate surface area is 200 Å². The Hall–Kier alpha value is -2.46. The van der Waals surface area contributed by atoms with E-state index >= 15 is 0 Å². The molecule has 0 aliphatic rings. The van der Waals surface area contributed by atoms with E-state index in [1.54, 1.807) is 24.3 Å². The Balaban J connectivity index is 2.40. The highest BCUT2D eigenvalue weighted by atomic mass is 35.5. The number of rotatable bonds is 12. The molecule has 0 fully saturated rings. The number of nitrogens with one attached hydrogen (secondary N) is 1. The Kier molecular flexibility index (Phi) is 10.3. The second kappa shape index (κ2) is 12.7. The fourth-order valence-electron chi connectivity index (χ4n) is 3.13. The van der Waals surface area contributed by atoms with Crippen molar-refractivity contribution < 1.29 is 22.7 Å². The van der Waals surface area contributed by atoms with E-state index in [0.29, 0.717) is 11.6 Å². The van der Waals surface area contributed by atoms with Gasteiger partial charge in [0, 0.05) is 38.7 Å². The van der Waals surface area contributed by atoms with E-state index in [4.69, 9.17) is 16.3 Å². The van der Waals surface area contributed by atoms with Crippen LogP contribution >= 0.6 is 11.6 Å². The molecular weight excluding hydrogens is 466 g/mol. The lowest BCUT2D eigenvalue weighted by atomic mass is 10.0. The number of carbonyl (C=O) groups excluding carboxylic acids is 2. The van der Waals surface area contributed by atoms with E-state index in [1.807, 2.05) is 30.3 Å². The number of carbonyl (C=O) groups is 2. The number of halogens is 1. The van der Waals surface area contributed by atoms with Crippen molar-refractivity contribution in [1.29, 1.82) is 0 Å². The Morgan fingerprint density at radius 1 is 1.06 bits per heavy atom. The quantitative estimate of drug-likeness (QED) is 0.454. The molecule has 2 rings (SSSR count). The predicted molar refractivity (Wildman–Crippen MR) is 128 cm³/mol. The molecule has 33 heavy (non-hydrogen) atoms. The molecule has 1 unspecified atom stereocenters. The monoisotopic (exact) mass is 495 g/mol. The van der Waals surface area contributed by atoms with Crippen LogP contribution in [0.4, 0.5) is 0 Å². The molecule has 0 spiro atoms. The van der Waals surface area contributed by atoms with Crippen LogP contribution in [0.3, 0.4) is 0 Å². The lowest BCUT2D eigenvalue weighted by molar-refractivity contribution is -0.141. The van der Waals surface area contributed by atoms with Gasteiger partial charge in [0.2, 0.25) is 21.8 Å². The third-order valence-electron chi connectivity index (χ3n) is 5.07. The number of nitrogens with zero attached hydrogens (tertiary/aromatic N) is 2. The van der Waals surface area contributed by atoms with Crippen LogP contribution in [-0.2, 0) is 37.3 Å². The molecule has 1 atom stereocenters. The molecule has 8 nitrogen and oxygen atoms in total. The molecule has 2 aromatic rings. The summed E-state index contributed by atoms with van der Waals surface area (Å²) in [5.41, 5.74) is 1.63. The zero-order valence-corrected chi connectivity index (χ0v) is 20.6. The standard InChI is InChI=1S/C23H30ClN3O5S/c1-26(33(3,30)31)17-22(28)27(16-19-9-11-20(24)12-10-19)21(23(29)25-13-14-32-2)15-18-7-5-4-6-8-18/h4-12,21H,13-17H2,1-3H3,(H,25,29). The molecule has 10 heteroatoms. The maximum atomic E-state index is 13.3. The summed E-state index contributed by atoms with van der Waals surface area (Å²) in [5, 5.41) is 3.35. The summed E-state index contributed by atoms with van der Waals surface area (Å²) in [5.74, 6) is -0.832. The Morgan fingerprint density at radius 3 is 2.27 bits per heavy atom. The van der Waals surface area contributed by atoms with E-state index in [0.717, 1.165) is 21.7 Å². The van der Waals surface area contributed by atoms with Gasteiger partial charge in [0.05, 0.1) is 19.4 Å². The molecule has 1 N–H and O–H groups in total. The molecule has 0 aliphatic heterocycles. The SMILES string of the molecule is COCCNC(=O)C(Cc1ccccc1)N(Cc1ccc(Cl)cc1)C(=O)CN(C)S(C)(=O)=O. The molecule has 0 radical (unpaired) electrons. The second-order valence-corrected chi connectivity index (χ2v) is 10.2. The molecule has 2 aromatic carbocycles. The second-order valence-electron chi connectivity index (χ2n) is 7.66. The third-order valence-corrected chi connectivity index (χ3v) is 6.58. The Morgan fingerprint density at radius 2 is 1.70 bits per heavy atom. The highest BCUT2D eigenvalue weighted by Gasteiger charge is 2.31. The molecule has 0 saturated carbocycles. The van der Waals surface area contributed by atoms with E-state index in [-0.39, 0.29) is 32.0 Å². The van der Waals surface area contributed by atoms with Crippen molar-refractivity contribution in [3.05, 3.63) is 70.7 Å². The van der Waals surface area contributed by atoms with Crippen molar-refractivity contribution in [3.8, 4) is 0 Å². The van der Waals surface area contributed by atoms with Gasteiger partial charge in [-0.3, -0.25) is 9.59 Å². The van der Waals surface area contributed by atoms with E-state index in [2.05, 4.69) is 5.32 Å². The predicted octanol–water partition coefficient (Wildman–Crippen LogP) is 1.93. The van der Waals surface area contributed by atoms with Gasteiger partial charge in [0.15, 0.2) is 0 Å². The van der Waals surface area contributed by atoms with Crippen LogP contribution in [0, 0.1) is 0 Å². The lowest BCUT2D eigenvalue weighted by Crippen LogP contribution is -2.53. The zero-order valence-electron chi connectivity index (χ0n) is 19.0. The van der Waals surface area contributed by atoms with Crippen LogP contribution in [0.1, 0.15) is 11.1 Å². The third kappa shape index (κ3) is 8.77. The smallest absolute Gasteiger partial charge is 0.243 e. The van der Waals surface area contributed by atoms with Crippen LogP contribution in [0.5, 0.6) is 0 Å². The maximum absolute atomic E-state index is 13.3. The summed E-state index contributed by atoms with van der Waals surface area (Å²) in [4.78, 5) is 27.9.